The average Bonchev–Trinajstić information content (AvgIpc) is 3.30. The van der Waals surface area contributed by atoms with Gasteiger partial charge in [0.25, 0.3) is 6.43 Å². The van der Waals surface area contributed by atoms with Gasteiger partial charge in [-0.2, -0.15) is 0 Å². The fraction of sp³-hybridized carbons (Fsp3) is 0.455. The number of hydrogen-bond donors (Lipinski definition) is 1. The van der Waals surface area contributed by atoms with Crippen LogP contribution in [0.15, 0.2) is 30.3 Å². The van der Waals surface area contributed by atoms with E-state index in [1.54, 1.807) is 4.90 Å². The lowest BCUT2D eigenvalue weighted by molar-refractivity contribution is 0.122. The molecular weight excluding hydrogens is 390 g/mol. The van der Waals surface area contributed by atoms with Crippen LogP contribution < -0.4 is 10.2 Å². The Morgan fingerprint density at radius 2 is 1.83 bits per heavy atom. The van der Waals surface area contributed by atoms with Crippen LogP contribution in [-0.4, -0.2) is 55.3 Å². The third-order valence-corrected chi connectivity index (χ3v) is 5.58. The van der Waals surface area contributed by atoms with E-state index in [0.717, 1.165) is 37.1 Å². The molecular formula is C22H26F2N4O2. The molecule has 2 fully saturated rings. The Morgan fingerprint density at radius 1 is 1.10 bits per heavy atom. The van der Waals surface area contributed by atoms with Gasteiger partial charge in [0.1, 0.15) is 11.5 Å². The Kier molecular flexibility index (Phi) is 6.13. The van der Waals surface area contributed by atoms with Crippen molar-refractivity contribution in [1.29, 1.82) is 0 Å². The van der Waals surface area contributed by atoms with Crippen molar-refractivity contribution in [1.82, 2.24) is 9.88 Å². The molecule has 0 aliphatic carbocycles. The van der Waals surface area contributed by atoms with Gasteiger partial charge in [-0.05, 0) is 60.7 Å². The molecule has 1 N–H and O–H groups in total. The number of carbonyl (C=O) groups is 1. The summed E-state index contributed by atoms with van der Waals surface area (Å²) in [5.41, 5.74) is 2.80. The van der Waals surface area contributed by atoms with Gasteiger partial charge in [0.15, 0.2) is 0 Å². The molecule has 2 amide bonds. The van der Waals surface area contributed by atoms with Crippen LogP contribution in [0.25, 0.3) is 11.1 Å². The van der Waals surface area contributed by atoms with Crippen LogP contribution in [0.2, 0.25) is 0 Å². The number of benzene rings is 1. The molecule has 0 saturated carbocycles. The zero-order chi connectivity index (χ0) is 21.1. The number of nitrogens with one attached hydrogen (secondary N) is 1. The molecule has 3 heterocycles. The molecule has 8 heteroatoms. The minimum Gasteiger partial charge on any atom is -0.378 e. The largest absolute Gasteiger partial charge is 0.378 e. The molecule has 2 aromatic rings. The number of aryl methyl sites for hydroxylation is 1. The third kappa shape index (κ3) is 4.53. The topological polar surface area (TPSA) is 57.7 Å². The molecule has 30 heavy (non-hydrogen) atoms. The van der Waals surface area contributed by atoms with Gasteiger partial charge in [-0.15, -0.1) is 0 Å². The highest BCUT2D eigenvalue weighted by atomic mass is 19.3. The predicted molar refractivity (Wildman–Crippen MR) is 112 cm³/mol. The van der Waals surface area contributed by atoms with E-state index in [0.29, 0.717) is 43.4 Å². The van der Waals surface area contributed by atoms with E-state index in [9.17, 15) is 13.6 Å². The summed E-state index contributed by atoms with van der Waals surface area (Å²) in [5, 5.41) is 2.93. The number of nitrogens with zero attached hydrogens (tertiary/aromatic N) is 3. The summed E-state index contributed by atoms with van der Waals surface area (Å²) in [6.45, 7) is 5.78. The van der Waals surface area contributed by atoms with E-state index in [1.165, 1.54) is 6.07 Å². The summed E-state index contributed by atoms with van der Waals surface area (Å²) >= 11 is 0. The van der Waals surface area contributed by atoms with Gasteiger partial charge in [0.05, 0.1) is 13.2 Å². The smallest absolute Gasteiger partial charge is 0.321 e. The second-order valence-electron chi connectivity index (χ2n) is 7.69. The first-order valence-corrected chi connectivity index (χ1v) is 10.3. The van der Waals surface area contributed by atoms with Crippen molar-refractivity contribution in [3.05, 3.63) is 41.6 Å². The number of carbonyl (C=O) groups excluding carboxylic acids is 1. The van der Waals surface area contributed by atoms with Crippen molar-refractivity contribution in [2.75, 3.05) is 49.6 Å². The fourth-order valence-corrected chi connectivity index (χ4v) is 3.89. The Hall–Kier alpha value is -2.74. The molecule has 1 aromatic heterocycles. The number of likely N-dealkylation sites (tertiary alicyclic amines) is 1. The lowest BCUT2D eigenvalue weighted by Gasteiger charge is -2.28. The maximum Gasteiger partial charge on any atom is 0.321 e. The van der Waals surface area contributed by atoms with Gasteiger partial charge in [-0.1, -0.05) is 6.07 Å². The van der Waals surface area contributed by atoms with Gasteiger partial charge in [-0.25, -0.2) is 18.6 Å². The maximum absolute atomic E-state index is 13.6. The van der Waals surface area contributed by atoms with Gasteiger partial charge < -0.3 is 19.9 Å². The number of morpholine rings is 1. The van der Waals surface area contributed by atoms with Crippen molar-refractivity contribution < 1.29 is 18.3 Å². The van der Waals surface area contributed by atoms with E-state index in [2.05, 4.69) is 10.3 Å². The van der Waals surface area contributed by atoms with Crippen LogP contribution in [0.3, 0.4) is 0 Å². The zero-order valence-corrected chi connectivity index (χ0v) is 17.0. The molecule has 1 aromatic carbocycles. The molecule has 0 radical (unpaired) electrons. The molecule has 0 atom stereocenters. The van der Waals surface area contributed by atoms with Crippen LogP contribution >= 0.6 is 0 Å². The predicted octanol–water partition coefficient (Wildman–Crippen LogP) is 4.46. The van der Waals surface area contributed by atoms with E-state index in [4.69, 9.17) is 4.74 Å². The standard InChI is InChI=1S/C22H26F2N4O2/c1-15-4-5-17(25-22(29)28-6-2-3-7-28)14-18(15)16-12-19(21(23)24)26-20(13-16)27-8-10-30-11-9-27/h4-5,12-14,21H,2-3,6-11H2,1H3,(H,25,29). The summed E-state index contributed by atoms with van der Waals surface area (Å²) in [4.78, 5) is 20.4. The monoisotopic (exact) mass is 416 g/mol. The minimum absolute atomic E-state index is 0.126. The number of amides is 2. The van der Waals surface area contributed by atoms with Crippen LogP contribution in [0, 0.1) is 6.92 Å². The highest BCUT2D eigenvalue weighted by Crippen LogP contribution is 2.32. The van der Waals surface area contributed by atoms with Crippen LogP contribution in [-0.2, 0) is 4.74 Å². The van der Waals surface area contributed by atoms with E-state index in [1.807, 2.05) is 36.1 Å². The Morgan fingerprint density at radius 3 is 2.53 bits per heavy atom. The number of anilines is 2. The molecule has 6 nitrogen and oxygen atoms in total. The number of hydrogen-bond acceptors (Lipinski definition) is 4. The molecule has 160 valence electrons. The van der Waals surface area contributed by atoms with Crippen molar-refractivity contribution >= 4 is 17.5 Å². The zero-order valence-electron chi connectivity index (χ0n) is 17.0. The molecule has 2 aliphatic rings. The Balaban J connectivity index is 1.66. The summed E-state index contributed by atoms with van der Waals surface area (Å²) < 4.78 is 32.5. The molecule has 2 aliphatic heterocycles. The molecule has 0 unspecified atom stereocenters. The van der Waals surface area contributed by atoms with Crippen molar-refractivity contribution in [3.8, 4) is 11.1 Å². The Labute approximate surface area is 174 Å². The summed E-state index contributed by atoms with van der Waals surface area (Å²) in [7, 11) is 0. The first-order valence-electron chi connectivity index (χ1n) is 10.3. The Bertz CT molecular complexity index is 910. The first-order chi connectivity index (χ1) is 14.5. The van der Waals surface area contributed by atoms with Crippen molar-refractivity contribution in [2.24, 2.45) is 0 Å². The minimum atomic E-state index is -2.66. The van der Waals surface area contributed by atoms with E-state index < -0.39 is 6.43 Å². The number of ether oxygens (including phenoxy) is 1. The molecule has 0 spiro atoms. The fourth-order valence-electron chi connectivity index (χ4n) is 3.89. The molecule has 0 bridgehead atoms. The van der Waals surface area contributed by atoms with Gasteiger partial charge in [0.2, 0.25) is 0 Å². The number of halogens is 2. The molecule has 2 saturated heterocycles. The quantitative estimate of drug-likeness (QED) is 0.800. The van der Waals surface area contributed by atoms with Crippen LogP contribution in [0.1, 0.15) is 30.5 Å². The van der Waals surface area contributed by atoms with Crippen molar-refractivity contribution in [2.45, 2.75) is 26.2 Å². The second-order valence-corrected chi connectivity index (χ2v) is 7.69. The average molecular weight is 416 g/mol. The van der Waals surface area contributed by atoms with Crippen LogP contribution in [0.4, 0.5) is 25.1 Å². The number of alkyl halides is 2. The summed E-state index contributed by atoms with van der Waals surface area (Å²) in [5.74, 6) is 0.525. The molecule has 4 rings (SSSR count). The maximum atomic E-state index is 13.6. The lowest BCUT2D eigenvalue weighted by atomic mass is 9.99. The summed E-state index contributed by atoms with van der Waals surface area (Å²) in [6.07, 6.45) is -0.627. The number of aromatic nitrogens is 1. The number of pyridine rings is 1. The second kappa shape index (κ2) is 8.95. The van der Waals surface area contributed by atoms with Gasteiger partial charge >= 0.3 is 6.03 Å². The summed E-state index contributed by atoms with van der Waals surface area (Å²) in [6, 6.07) is 8.72. The highest BCUT2D eigenvalue weighted by Gasteiger charge is 2.20. The first kappa shape index (κ1) is 20.5. The third-order valence-electron chi connectivity index (χ3n) is 5.58. The van der Waals surface area contributed by atoms with Crippen molar-refractivity contribution in [3.63, 3.8) is 0 Å². The SMILES string of the molecule is Cc1ccc(NC(=O)N2CCCC2)cc1-c1cc(C(F)F)nc(N2CCOCC2)c1. The normalized spacial score (nSPS) is 16.9. The number of rotatable bonds is 4. The highest BCUT2D eigenvalue weighted by molar-refractivity contribution is 5.90. The van der Waals surface area contributed by atoms with E-state index in [-0.39, 0.29) is 11.7 Å². The van der Waals surface area contributed by atoms with Gasteiger partial charge in [0, 0.05) is 31.9 Å². The lowest BCUT2D eigenvalue weighted by Crippen LogP contribution is -2.36. The van der Waals surface area contributed by atoms with Crippen LogP contribution in [0.5, 0.6) is 0 Å². The van der Waals surface area contributed by atoms with Gasteiger partial charge in [-0.3, -0.25) is 0 Å². The number of urea groups is 1. The van der Waals surface area contributed by atoms with E-state index >= 15 is 0 Å².